The van der Waals surface area contributed by atoms with Crippen molar-refractivity contribution in [3.63, 3.8) is 0 Å². The van der Waals surface area contributed by atoms with E-state index in [4.69, 9.17) is 4.74 Å². The Morgan fingerprint density at radius 3 is 2.44 bits per heavy atom. The number of hydrogen-bond acceptors (Lipinski definition) is 5. The molecule has 0 aliphatic carbocycles. The average molecular weight is 246 g/mol. The van der Waals surface area contributed by atoms with Gasteiger partial charge in [-0.05, 0) is 20.8 Å². The van der Waals surface area contributed by atoms with Gasteiger partial charge in [0.1, 0.15) is 11.2 Å². The van der Waals surface area contributed by atoms with E-state index in [-0.39, 0.29) is 10.6 Å². The van der Waals surface area contributed by atoms with E-state index in [1.54, 1.807) is 20.8 Å². The molecule has 0 aliphatic heterocycles. The highest BCUT2D eigenvalue weighted by molar-refractivity contribution is 7.90. The molecule has 16 heavy (non-hydrogen) atoms. The van der Waals surface area contributed by atoms with Gasteiger partial charge in [0.2, 0.25) is 0 Å². The molecule has 0 saturated heterocycles. The molecule has 0 atom stereocenters. The highest BCUT2D eigenvalue weighted by Gasteiger charge is 2.26. The molecular formula is C9H14N2O4S. The van der Waals surface area contributed by atoms with Crippen LogP contribution in [0.4, 0.5) is 0 Å². The summed E-state index contributed by atoms with van der Waals surface area (Å²) in [6, 6.07) is 0. The lowest BCUT2D eigenvalue weighted by Crippen LogP contribution is -2.24. The van der Waals surface area contributed by atoms with Gasteiger partial charge in [-0.25, -0.2) is 13.2 Å². The summed E-state index contributed by atoms with van der Waals surface area (Å²) in [5.41, 5.74) is -0.749. The number of H-pyrrole nitrogens is 1. The first-order valence-corrected chi connectivity index (χ1v) is 6.47. The number of esters is 1. The van der Waals surface area contributed by atoms with Crippen molar-refractivity contribution in [2.24, 2.45) is 0 Å². The van der Waals surface area contributed by atoms with Crippen LogP contribution >= 0.6 is 0 Å². The quantitative estimate of drug-likeness (QED) is 0.778. The van der Waals surface area contributed by atoms with Gasteiger partial charge in [-0.3, -0.25) is 5.10 Å². The minimum Gasteiger partial charge on any atom is -0.456 e. The number of carbonyl (C=O) groups excluding carboxylic acids is 1. The zero-order valence-corrected chi connectivity index (χ0v) is 10.4. The third-order valence-corrected chi connectivity index (χ3v) is 2.59. The maximum Gasteiger partial charge on any atom is 0.343 e. The molecule has 0 spiro atoms. The van der Waals surface area contributed by atoms with Crippen molar-refractivity contribution >= 4 is 15.8 Å². The predicted octanol–water partition coefficient (Wildman–Crippen LogP) is 0.768. The number of aromatic nitrogens is 2. The summed E-state index contributed by atoms with van der Waals surface area (Å²) < 4.78 is 27.6. The molecule has 1 N–H and O–H groups in total. The summed E-state index contributed by atoms with van der Waals surface area (Å²) in [5.74, 6) is -0.707. The third-order valence-electron chi connectivity index (χ3n) is 1.58. The van der Waals surface area contributed by atoms with Gasteiger partial charge in [-0.2, -0.15) is 5.10 Å². The van der Waals surface area contributed by atoms with Gasteiger partial charge < -0.3 is 4.74 Å². The number of carbonyl (C=O) groups is 1. The molecule has 0 unspecified atom stereocenters. The Kier molecular flexibility index (Phi) is 3.09. The average Bonchev–Trinajstić information content (AvgIpc) is 2.45. The fourth-order valence-electron chi connectivity index (χ4n) is 1.04. The van der Waals surface area contributed by atoms with E-state index in [1.807, 2.05) is 0 Å². The molecule has 1 aromatic rings. The van der Waals surface area contributed by atoms with Crippen molar-refractivity contribution in [2.45, 2.75) is 31.4 Å². The van der Waals surface area contributed by atoms with E-state index in [0.717, 1.165) is 6.26 Å². The minimum atomic E-state index is -3.53. The van der Waals surface area contributed by atoms with E-state index in [0.29, 0.717) is 0 Å². The van der Waals surface area contributed by atoms with Gasteiger partial charge in [0, 0.05) is 12.5 Å². The summed E-state index contributed by atoms with van der Waals surface area (Å²) in [6.45, 7) is 5.10. The van der Waals surface area contributed by atoms with Crippen LogP contribution in [0.25, 0.3) is 0 Å². The van der Waals surface area contributed by atoms with Crippen LogP contribution < -0.4 is 0 Å². The van der Waals surface area contributed by atoms with Crippen LogP contribution in [0, 0.1) is 0 Å². The first-order valence-electron chi connectivity index (χ1n) is 4.58. The third kappa shape index (κ3) is 3.06. The highest BCUT2D eigenvalue weighted by Crippen LogP contribution is 2.16. The van der Waals surface area contributed by atoms with Crippen LogP contribution in [0.2, 0.25) is 0 Å². The highest BCUT2D eigenvalue weighted by atomic mass is 32.2. The normalized spacial score (nSPS) is 12.5. The fraction of sp³-hybridized carbons (Fsp3) is 0.556. The molecule has 0 bridgehead atoms. The number of aromatic amines is 1. The van der Waals surface area contributed by atoms with Crippen molar-refractivity contribution in [3.8, 4) is 0 Å². The van der Waals surface area contributed by atoms with Gasteiger partial charge >= 0.3 is 5.97 Å². The van der Waals surface area contributed by atoms with Crippen molar-refractivity contribution in [3.05, 3.63) is 11.8 Å². The van der Waals surface area contributed by atoms with E-state index < -0.39 is 21.4 Å². The molecule has 0 saturated carbocycles. The van der Waals surface area contributed by atoms with Crippen molar-refractivity contribution < 1.29 is 17.9 Å². The molecule has 6 nitrogen and oxygen atoms in total. The molecule has 0 aliphatic rings. The monoisotopic (exact) mass is 246 g/mol. The predicted molar refractivity (Wildman–Crippen MR) is 56.9 cm³/mol. The number of nitrogens with one attached hydrogen (secondary N) is 1. The SMILES string of the molecule is CC(C)(C)OC(=O)c1c[nH]nc1S(C)(=O)=O. The minimum absolute atomic E-state index is 0.0718. The second-order valence-electron chi connectivity index (χ2n) is 4.38. The van der Waals surface area contributed by atoms with Gasteiger partial charge in [0.05, 0.1) is 0 Å². The van der Waals surface area contributed by atoms with Crippen molar-refractivity contribution in [1.29, 1.82) is 0 Å². The summed E-state index contributed by atoms with van der Waals surface area (Å²) in [4.78, 5) is 11.6. The van der Waals surface area contributed by atoms with Crippen LogP contribution in [0.15, 0.2) is 11.2 Å². The fourth-order valence-corrected chi connectivity index (χ4v) is 1.80. The van der Waals surface area contributed by atoms with Gasteiger partial charge in [-0.1, -0.05) is 0 Å². The van der Waals surface area contributed by atoms with E-state index in [2.05, 4.69) is 10.2 Å². The van der Waals surface area contributed by atoms with Gasteiger partial charge in [-0.15, -0.1) is 0 Å². The second kappa shape index (κ2) is 3.89. The molecule has 0 radical (unpaired) electrons. The number of ether oxygens (including phenoxy) is 1. The smallest absolute Gasteiger partial charge is 0.343 e. The maximum absolute atomic E-state index is 11.6. The second-order valence-corrected chi connectivity index (χ2v) is 6.31. The standard InChI is InChI=1S/C9H14N2O4S/c1-9(2,3)15-8(12)6-5-10-11-7(6)16(4,13)14/h5H,1-4H3,(H,10,11). The zero-order valence-electron chi connectivity index (χ0n) is 9.57. The number of sulfone groups is 1. The molecule has 90 valence electrons. The van der Waals surface area contributed by atoms with Crippen molar-refractivity contribution in [1.82, 2.24) is 10.2 Å². The Balaban J connectivity index is 3.07. The van der Waals surface area contributed by atoms with E-state index in [9.17, 15) is 13.2 Å². The number of hydrogen-bond donors (Lipinski definition) is 1. The Labute approximate surface area is 93.9 Å². The first-order chi connectivity index (χ1) is 7.11. The van der Waals surface area contributed by atoms with Crippen LogP contribution in [-0.2, 0) is 14.6 Å². The summed E-state index contributed by atoms with van der Waals surface area (Å²) >= 11 is 0. The van der Waals surface area contributed by atoms with E-state index >= 15 is 0 Å². The molecule has 1 rings (SSSR count). The zero-order chi connectivity index (χ0) is 12.6. The molecule has 0 amide bonds. The van der Waals surface area contributed by atoms with E-state index in [1.165, 1.54) is 6.20 Å². The summed E-state index contributed by atoms with van der Waals surface area (Å²) in [7, 11) is -3.53. The topological polar surface area (TPSA) is 89.1 Å². The molecule has 7 heteroatoms. The molecule has 0 aromatic carbocycles. The Morgan fingerprint density at radius 1 is 1.44 bits per heavy atom. The molecule has 1 aromatic heterocycles. The van der Waals surface area contributed by atoms with Gasteiger partial charge in [0.25, 0.3) is 0 Å². The lowest BCUT2D eigenvalue weighted by atomic mass is 10.2. The first kappa shape index (κ1) is 12.7. The number of nitrogens with zero attached hydrogens (tertiary/aromatic N) is 1. The molecule has 0 fully saturated rings. The Bertz CT molecular complexity index is 496. The van der Waals surface area contributed by atoms with Crippen LogP contribution in [-0.4, -0.2) is 36.4 Å². The van der Waals surface area contributed by atoms with Crippen LogP contribution in [0.3, 0.4) is 0 Å². The van der Waals surface area contributed by atoms with Crippen LogP contribution in [0.5, 0.6) is 0 Å². The van der Waals surface area contributed by atoms with Gasteiger partial charge in [0.15, 0.2) is 14.9 Å². The van der Waals surface area contributed by atoms with Crippen molar-refractivity contribution in [2.75, 3.05) is 6.26 Å². The Morgan fingerprint density at radius 2 is 2.00 bits per heavy atom. The largest absolute Gasteiger partial charge is 0.456 e. The Hall–Kier alpha value is -1.37. The lowest BCUT2D eigenvalue weighted by Gasteiger charge is -2.19. The summed E-state index contributed by atoms with van der Waals surface area (Å²) in [5, 5.41) is 5.58. The lowest BCUT2D eigenvalue weighted by molar-refractivity contribution is 0.00652. The maximum atomic E-state index is 11.6. The summed E-state index contributed by atoms with van der Waals surface area (Å²) in [6.07, 6.45) is 2.20. The molecule has 1 heterocycles. The molecular weight excluding hydrogens is 232 g/mol. The number of rotatable bonds is 2. The van der Waals surface area contributed by atoms with Crippen LogP contribution in [0.1, 0.15) is 31.1 Å².